The quantitative estimate of drug-likeness (QED) is 0.152. The van der Waals surface area contributed by atoms with Gasteiger partial charge in [-0.3, -0.25) is 9.97 Å². The molecule has 9 rings (SSSR count). The van der Waals surface area contributed by atoms with Crippen LogP contribution in [0.1, 0.15) is 22.3 Å². The summed E-state index contributed by atoms with van der Waals surface area (Å²) in [5.74, 6) is 1.11. The predicted molar refractivity (Wildman–Crippen MR) is 233 cm³/mol. The Balaban J connectivity index is 0.000000171. The summed E-state index contributed by atoms with van der Waals surface area (Å²) in [5.41, 5.74) is 6.71. The molecule has 1 aliphatic rings. The number of nitriles is 2. The van der Waals surface area contributed by atoms with Gasteiger partial charge in [-0.05, 0) is 92.7 Å². The van der Waals surface area contributed by atoms with Crippen molar-refractivity contribution >= 4 is 43.4 Å². The molecule has 4 aromatic carbocycles. The second kappa shape index (κ2) is 17.9. The Morgan fingerprint density at radius 2 is 1.15 bits per heavy atom. The number of pyridine rings is 4. The lowest BCUT2D eigenvalue weighted by atomic mass is 10.1. The van der Waals surface area contributed by atoms with Crippen LogP contribution in [-0.4, -0.2) is 46.2 Å². The molecule has 61 heavy (non-hydrogen) atoms. The summed E-state index contributed by atoms with van der Waals surface area (Å²) in [6.45, 7) is 6.62. The monoisotopic (exact) mass is 873 g/mol. The van der Waals surface area contributed by atoms with Crippen LogP contribution in [0, 0.1) is 48.1 Å². The van der Waals surface area contributed by atoms with Crippen molar-refractivity contribution in [3.63, 3.8) is 0 Å². The average molecular weight is 875 g/mol. The molecule has 13 heteroatoms. The first kappa shape index (κ1) is 40.5. The maximum absolute atomic E-state index is 14.1. The maximum Gasteiger partial charge on any atom is 0.147 e. The third kappa shape index (κ3) is 8.70. The van der Waals surface area contributed by atoms with Crippen LogP contribution >= 0.6 is 15.9 Å². The van der Waals surface area contributed by atoms with Gasteiger partial charge in [0.05, 0.1) is 58.1 Å². The van der Waals surface area contributed by atoms with Gasteiger partial charge in [0.1, 0.15) is 46.8 Å². The first-order chi connectivity index (χ1) is 29.7. The maximum atomic E-state index is 14.1. The zero-order valence-electron chi connectivity index (χ0n) is 32.9. The second-order valence-corrected chi connectivity index (χ2v) is 14.8. The predicted octanol–water partition coefficient (Wildman–Crippen LogP) is 11.4. The van der Waals surface area contributed by atoms with E-state index in [0.717, 1.165) is 34.4 Å². The molecule has 0 N–H and O–H groups in total. The summed E-state index contributed by atoms with van der Waals surface area (Å²) < 4.78 is 46.7. The fraction of sp³-hybridized carbons (Fsp3) is 0.125. The van der Waals surface area contributed by atoms with Crippen molar-refractivity contribution in [3.8, 4) is 57.9 Å². The van der Waals surface area contributed by atoms with Gasteiger partial charge in [-0.15, -0.1) is 0 Å². The van der Waals surface area contributed by atoms with E-state index >= 15 is 0 Å². The van der Waals surface area contributed by atoms with Crippen LogP contribution in [0.25, 0.3) is 44.6 Å². The van der Waals surface area contributed by atoms with Crippen LogP contribution in [-0.2, 0) is 4.74 Å². The van der Waals surface area contributed by atoms with E-state index in [4.69, 9.17) is 14.2 Å². The van der Waals surface area contributed by atoms with Gasteiger partial charge in [0.15, 0.2) is 0 Å². The largest absolute Gasteiger partial charge is 0.455 e. The summed E-state index contributed by atoms with van der Waals surface area (Å²) in [6.07, 6.45) is 3.36. The summed E-state index contributed by atoms with van der Waals surface area (Å²) >= 11 is 3.41. The molecule has 4 aromatic heterocycles. The molecule has 0 atom stereocenters. The highest BCUT2D eigenvalue weighted by Crippen LogP contribution is 2.41. The number of hydrogen-bond donors (Lipinski definition) is 0. The molecule has 1 aliphatic heterocycles. The van der Waals surface area contributed by atoms with E-state index in [9.17, 15) is 19.3 Å². The highest BCUT2D eigenvalue weighted by atomic mass is 79.9. The summed E-state index contributed by atoms with van der Waals surface area (Å²) in [4.78, 5) is 20.3. The van der Waals surface area contributed by atoms with Crippen LogP contribution in [0.2, 0.25) is 0 Å². The van der Waals surface area contributed by atoms with Gasteiger partial charge in [0.2, 0.25) is 0 Å². The number of aromatic nitrogens is 4. The summed E-state index contributed by atoms with van der Waals surface area (Å²) in [7, 11) is 0. The number of benzene rings is 4. The normalized spacial score (nSPS) is 12.3. The highest BCUT2D eigenvalue weighted by molar-refractivity contribution is 9.10. The molecular weight excluding hydrogens is 840 g/mol. The van der Waals surface area contributed by atoms with E-state index in [2.05, 4.69) is 52.9 Å². The minimum atomic E-state index is -0.387. The number of rotatable bonds is 7. The molecule has 0 spiro atoms. The average Bonchev–Trinajstić information content (AvgIpc) is 3.29. The second-order valence-electron chi connectivity index (χ2n) is 13.9. The molecular formula is C48H34BrF2N7O3. The summed E-state index contributed by atoms with van der Waals surface area (Å²) in [6, 6.07) is 34.9. The molecule has 1 fully saturated rings. The van der Waals surface area contributed by atoms with Crippen LogP contribution in [0.4, 0.5) is 14.5 Å². The first-order valence-electron chi connectivity index (χ1n) is 19.2. The molecule has 5 heterocycles. The van der Waals surface area contributed by atoms with Crippen LogP contribution in [0.5, 0.6) is 23.0 Å². The van der Waals surface area contributed by atoms with Gasteiger partial charge in [0.25, 0.3) is 0 Å². The van der Waals surface area contributed by atoms with E-state index < -0.39 is 0 Å². The highest BCUT2D eigenvalue weighted by Gasteiger charge is 2.21. The molecule has 0 radical (unpaired) electrons. The van der Waals surface area contributed by atoms with Gasteiger partial charge in [0, 0.05) is 75.7 Å². The molecule has 8 aromatic rings. The number of hydrogen-bond acceptors (Lipinski definition) is 10. The molecule has 10 nitrogen and oxygen atoms in total. The Morgan fingerprint density at radius 1 is 0.639 bits per heavy atom. The fourth-order valence-electron chi connectivity index (χ4n) is 6.97. The Morgan fingerprint density at radius 3 is 1.64 bits per heavy atom. The van der Waals surface area contributed by atoms with Crippen molar-refractivity contribution in [3.05, 3.63) is 160 Å². The molecule has 0 saturated carbocycles. The minimum absolute atomic E-state index is 0.385. The Bertz CT molecular complexity index is 3010. The van der Waals surface area contributed by atoms with E-state index in [0.29, 0.717) is 91.9 Å². The van der Waals surface area contributed by atoms with E-state index in [-0.39, 0.29) is 11.6 Å². The molecule has 0 aliphatic carbocycles. The topological polar surface area (TPSA) is 130 Å². The van der Waals surface area contributed by atoms with Crippen LogP contribution in [0.3, 0.4) is 0 Å². The number of anilines is 1. The van der Waals surface area contributed by atoms with E-state index in [1.165, 1.54) is 24.3 Å². The van der Waals surface area contributed by atoms with Crippen molar-refractivity contribution in [2.75, 3.05) is 31.2 Å². The number of halogens is 3. The van der Waals surface area contributed by atoms with Gasteiger partial charge >= 0.3 is 0 Å². The SMILES string of the molecule is Cc1c(-c2ccccn2)nc2cc(F)ccc2c1Oc1cc(Br)ccc1C#N.Cc1c(-c2ccccn2)nc2cc(F)ccc2c1Oc1cc(N2CCOCC2)ccc1C#N. The lowest BCUT2D eigenvalue weighted by Crippen LogP contribution is -2.36. The molecule has 0 amide bonds. The van der Waals surface area contributed by atoms with Gasteiger partial charge in [-0.1, -0.05) is 28.1 Å². The number of nitrogens with zero attached hydrogens (tertiary/aromatic N) is 7. The standard InChI is InChI=1S/C26H21FN4O2.C22H13BrFN3O/c1-17-25(22-4-2-3-9-29-22)30-23-14-19(27)6-8-21(23)26(17)33-24-15-20(7-5-18(24)16-28)31-10-12-32-13-11-31;1-13-21(18-4-2-3-9-26-18)27-19-11-16(24)7-8-17(19)22(13)28-20-10-15(23)6-5-14(20)12-25/h2-9,14-15H,10-13H2,1H3;2-11H,1H3. The van der Waals surface area contributed by atoms with E-state index in [1.807, 2.05) is 62.4 Å². The van der Waals surface area contributed by atoms with Crippen molar-refractivity contribution in [2.24, 2.45) is 0 Å². The Kier molecular flexibility index (Phi) is 11.9. The third-order valence-electron chi connectivity index (χ3n) is 10.0. The third-order valence-corrected chi connectivity index (χ3v) is 10.5. The van der Waals surface area contributed by atoms with Crippen molar-refractivity contribution in [1.29, 1.82) is 10.5 Å². The Hall–Kier alpha value is -7.32. The van der Waals surface area contributed by atoms with Crippen molar-refractivity contribution < 1.29 is 23.0 Å². The fourth-order valence-corrected chi connectivity index (χ4v) is 7.31. The minimum Gasteiger partial charge on any atom is -0.455 e. The zero-order chi connectivity index (χ0) is 42.5. The molecule has 0 bridgehead atoms. The van der Waals surface area contributed by atoms with Gasteiger partial charge in [-0.25, -0.2) is 18.7 Å². The van der Waals surface area contributed by atoms with Gasteiger partial charge in [-0.2, -0.15) is 10.5 Å². The molecule has 0 unspecified atom stereocenters. The van der Waals surface area contributed by atoms with Crippen molar-refractivity contribution in [1.82, 2.24) is 19.9 Å². The number of ether oxygens (including phenoxy) is 3. The van der Waals surface area contributed by atoms with Crippen LogP contribution < -0.4 is 14.4 Å². The number of morpholine rings is 1. The van der Waals surface area contributed by atoms with E-state index in [1.54, 1.807) is 48.8 Å². The van der Waals surface area contributed by atoms with Crippen LogP contribution in [0.15, 0.2) is 126 Å². The zero-order valence-corrected chi connectivity index (χ0v) is 34.5. The lowest BCUT2D eigenvalue weighted by molar-refractivity contribution is 0.122. The summed E-state index contributed by atoms with van der Waals surface area (Å²) in [5, 5.41) is 20.5. The first-order valence-corrected chi connectivity index (χ1v) is 19.9. The van der Waals surface area contributed by atoms with Gasteiger partial charge < -0.3 is 19.1 Å². The Labute approximate surface area is 358 Å². The molecule has 1 saturated heterocycles. The smallest absolute Gasteiger partial charge is 0.147 e. The lowest BCUT2D eigenvalue weighted by Gasteiger charge is -2.29. The van der Waals surface area contributed by atoms with Crippen molar-refractivity contribution in [2.45, 2.75) is 13.8 Å². The molecule has 300 valence electrons. The number of fused-ring (bicyclic) bond motifs is 2.